The number of carbonyl (C=O) groups excluding carboxylic acids is 2. The van der Waals surface area contributed by atoms with Gasteiger partial charge in [0, 0.05) is 6.42 Å². The van der Waals surface area contributed by atoms with Crippen molar-refractivity contribution in [3.63, 3.8) is 0 Å². The Kier molecular flexibility index (Phi) is 6.39. The van der Waals surface area contributed by atoms with Crippen LogP contribution in [0.15, 0.2) is 0 Å². The van der Waals surface area contributed by atoms with Crippen LogP contribution in [0.1, 0.15) is 12.8 Å². The molecular formula is C7H7F3O4. The van der Waals surface area contributed by atoms with E-state index in [1.165, 1.54) is 0 Å². The van der Waals surface area contributed by atoms with Gasteiger partial charge in [0.2, 0.25) is 0 Å². The minimum atomic E-state index is -5.15. The molecule has 0 unspecified atom stereocenters. The zero-order chi connectivity index (χ0) is 10.5. The molecule has 14 heavy (non-hydrogen) atoms. The summed E-state index contributed by atoms with van der Waals surface area (Å²) in [7, 11) is 0. The summed E-state index contributed by atoms with van der Waals surface area (Å²) in [5.41, 5.74) is 0. The smallest absolute Gasteiger partial charge is 0.412 e. The zero-order valence-electron chi connectivity index (χ0n) is 6.85. The van der Waals surface area contributed by atoms with Gasteiger partial charge in [0.15, 0.2) is 0 Å². The fourth-order valence-electron chi connectivity index (χ4n) is 0.387. The molecule has 0 aliphatic heterocycles. The molecule has 0 saturated heterocycles. The molecule has 0 saturated carbocycles. The maximum absolute atomic E-state index is 11.5. The average molecular weight is 212 g/mol. The molecule has 0 amide bonds. The Balaban J connectivity index is 0. The third-order valence-electron chi connectivity index (χ3n) is 0.911. The van der Waals surface area contributed by atoms with Gasteiger partial charge in [0.25, 0.3) is 0 Å². The van der Waals surface area contributed by atoms with Crippen molar-refractivity contribution < 1.29 is 33.0 Å². The number of alkyl halides is 3. The Hall–Kier alpha value is -1.55. The van der Waals surface area contributed by atoms with E-state index in [1.54, 1.807) is 0 Å². The van der Waals surface area contributed by atoms with Crippen LogP contribution in [-0.2, 0) is 14.3 Å². The van der Waals surface area contributed by atoms with Gasteiger partial charge in [-0.3, -0.25) is 4.79 Å². The summed E-state index contributed by atoms with van der Waals surface area (Å²) in [6, 6.07) is 0. The molecule has 0 fully saturated rings. The molecule has 7 heteroatoms. The zero-order valence-corrected chi connectivity index (χ0v) is 6.85. The molecule has 0 aromatic carbocycles. The molecule has 4 nitrogen and oxygen atoms in total. The van der Waals surface area contributed by atoms with Crippen LogP contribution >= 0.6 is 0 Å². The summed E-state index contributed by atoms with van der Waals surface area (Å²) >= 11 is 0. The van der Waals surface area contributed by atoms with Crippen molar-refractivity contribution in [1.82, 2.24) is 0 Å². The van der Waals surface area contributed by atoms with Gasteiger partial charge in [-0.05, 0) is 0 Å². The highest BCUT2D eigenvalue weighted by Crippen LogP contribution is 2.16. The van der Waals surface area contributed by atoms with Gasteiger partial charge in [-0.15, -0.1) is 12.3 Å². The molecule has 0 aromatic rings. The molecule has 2 N–H and O–H groups in total. The van der Waals surface area contributed by atoms with E-state index in [9.17, 15) is 22.8 Å². The maximum Gasteiger partial charge on any atom is 0.491 e. The van der Waals surface area contributed by atoms with Crippen LogP contribution in [0, 0.1) is 12.3 Å². The number of terminal acetylenes is 1. The van der Waals surface area contributed by atoms with E-state index in [0.717, 1.165) is 0 Å². The summed E-state index contributed by atoms with van der Waals surface area (Å²) in [6.07, 6.45) is -0.888. The topological polar surface area (TPSA) is 74.9 Å². The minimum absolute atomic E-state index is 0. The van der Waals surface area contributed by atoms with Gasteiger partial charge >= 0.3 is 18.1 Å². The highest BCUT2D eigenvalue weighted by atomic mass is 19.4. The fraction of sp³-hybridized carbons (Fsp3) is 0.429. The van der Waals surface area contributed by atoms with E-state index in [2.05, 4.69) is 4.74 Å². The van der Waals surface area contributed by atoms with Crippen LogP contribution in [0.3, 0.4) is 0 Å². The highest BCUT2D eigenvalue weighted by Gasteiger charge is 2.42. The Morgan fingerprint density at radius 1 is 1.36 bits per heavy atom. The van der Waals surface area contributed by atoms with Gasteiger partial charge in [-0.25, -0.2) is 4.79 Å². The molecular weight excluding hydrogens is 205 g/mol. The molecule has 0 spiro atoms. The molecule has 0 aliphatic carbocycles. The first-order chi connectivity index (χ1) is 5.88. The lowest BCUT2D eigenvalue weighted by molar-refractivity contribution is -0.201. The second-order valence-electron chi connectivity index (χ2n) is 1.96. The van der Waals surface area contributed by atoms with E-state index >= 15 is 0 Å². The van der Waals surface area contributed by atoms with Crippen LogP contribution in [0.4, 0.5) is 13.2 Å². The lowest BCUT2D eigenvalue weighted by atomic mass is 10.3. The predicted molar refractivity (Wildman–Crippen MR) is 38.8 cm³/mol. The first-order valence-corrected chi connectivity index (χ1v) is 3.13. The minimum Gasteiger partial charge on any atom is -0.412 e. The third kappa shape index (κ3) is 6.02. The van der Waals surface area contributed by atoms with Crippen molar-refractivity contribution >= 4 is 11.9 Å². The average Bonchev–Trinajstić information content (AvgIpc) is 1.99. The first-order valence-electron chi connectivity index (χ1n) is 3.13. The molecule has 0 atom stereocenters. The number of ether oxygens (including phenoxy) is 1. The second-order valence-corrected chi connectivity index (χ2v) is 1.96. The van der Waals surface area contributed by atoms with E-state index in [1.807, 2.05) is 5.92 Å². The maximum atomic E-state index is 11.5. The van der Waals surface area contributed by atoms with E-state index in [-0.39, 0.29) is 11.9 Å². The SMILES string of the molecule is C#CCCC(=O)OC(=O)C(F)(F)F.O. The van der Waals surface area contributed by atoms with Crippen molar-refractivity contribution in [2.45, 2.75) is 19.0 Å². The van der Waals surface area contributed by atoms with Crippen LogP contribution < -0.4 is 0 Å². The largest absolute Gasteiger partial charge is 0.491 e. The highest BCUT2D eigenvalue weighted by molar-refractivity contribution is 5.88. The number of esters is 2. The van der Waals surface area contributed by atoms with Crippen molar-refractivity contribution in [3.05, 3.63) is 0 Å². The summed E-state index contributed by atoms with van der Waals surface area (Å²) < 4.78 is 37.8. The van der Waals surface area contributed by atoms with Crippen LogP contribution in [0.5, 0.6) is 0 Å². The van der Waals surface area contributed by atoms with Crippen molar-refractivity contribution in [2.75, 3.05) is 0 Å². The monoisotopic (exact) mass is 212 g/mol. The van der Waals surface area contributed by atoms with Gasteiger partial charge in [-0.1, -0.05) is 0 Å². The van der Waals surface area contributed by atoms with E-state index in [4.69, 9.17) is 6.42 Å². The lowest BCUT2D eigenvalue weighted by Gasteiger charge is -2.03. The van der Waals surface area contributed by atoms with Gasteiger partial charge < -0.3 is 10.2 Å². The van der Waals surface area contributed by atoms with Gasteiger partial charge in [0.1, 0.15) is 0 Å². The lowest BCUT2D eigenvalue weighted by Crippen LogP contribution is -2.27. The Morgan fingerprint density at radius 2 is 1.86 bits per heavy atom. The van der Waals surface area contributed by atoms with Gasteiger partial charge in [-0.2, -0.15) is 13.2 Å². The van der Waals surface area contributed by atoms with E-state index in [0.29, 0.717) is 0 Å². The third-order valence-corrected chi connectivity index (χ3v) is 0.911. The second kappa shape index (κ2) is 5.99. The molecule has 0 aromatic heterocycles. The van der Waals surface area contributed by atoms with Crippen LogP contribution in [-0.4, -0.2) is 23.6 Å². The predicted octanol–water partition coefficient (Wildman–Crippen LogP) is 0.207. The summed E-state index contributed by atoms with van der Waals surface area (Å²) in [5, 5.41) is 0. The van der Waals surface area contributed by atoms with Crippen molar-refractivity contribution in [1.29, 1.82) is 0 Å². The Bertz CT molecular complexity index is 251. The quantitative estimate of drug-likeness (QED) is 0.373. The molecule has 0 rings (SSSR count). The summed E-state index contributed by atoms with van der Waals surface area (Å²) in [4.78, 5) is 20.4. The molecule has 80 valence electrons. The standard InChI is InChI=1S/C7H5F3O3.H2O/c1-2-3-4-5(11)13-6(12)7(8,9)10;/h1H,3-4H2;1H2. The first kappa shape index (κ1) is 14.9. The van der Waals surface area contributed by atoms with E-state index < -0.39 is 24.5 Å². The number of rotatable bonds is 2. The van der Waals surface area contributed by atoms with Crippen LogP contribution in [0.2, 0.25) is 0 Å². The number of halogens is 3. The Morgan fingerprint density at radius 3 is 2.21 bits per heavy atom. The van der Waals surface area contributed by atoms with Gasteiger partial charge in [0.05, 0.1) is 6.42 Å². The van der Waals surface area contributed by atoms with Crippen molar-refractivity contribution in [2.24, 2.45) is 0 Å². The Labute approximate surface area is 77.3 Å². The van der Waals surface area contributed by atoms with Crippen LogP contribution in [0.25, 0.3) is 0 Å². The fourth-order valence-corrected chi connectivity index (χ4v) is 0.387. The van der Waals surface area contributed by atoms with Crippen molar-refractivity contribution in [3.8, 4) is 12.3 Å². The molecule has 0 heterocycles. The molecule has 0 aliphatic rings. The normalized spacial score (nSPS) is 9.57. The number of carbonyl (C=O) groups is 2. The number of hydrogen-bond acceptors (Lipinski definition) is 3. The summed E-state index contributed by atoms with van der Waals surface area (Å²) in [5.74, 6) is -1.78. The molecule has 0 bridgehead atoms. The number of hydrogen-bond donors (Lipinski definition) is 0. The molecule has 0 radical (unpaired) electrons. The summed E-state index contributed by atoms with van der Waals surface area (Å²) in [6.45, 7) is 0.